The number of hydrogen-bond acceptors (Lipinski definition) is 6. The molecule has 0 unspecified atom stereocenters. The monoisotopic (exact) mass is 576 g/mol. The Balaban J connectivity index is 1.36. The molecule has 3 aromatic carbocycles. The molecule has 5 rings (SSSR count). The number of carbonyl (C=O) groups excluding carboxylic acids is 2. The Morgan fingerprint density at radius 2 is 1.03 bits per heavy atom. The van der Waals surface area contributed by atoms with Crippen molar-refractivity contribution in [2.45, 2.75) is 0 Å². The fourth-order valence-corrected chi connectivity index (χ4v) is 4.11. The van der Waals surface area contributed by atoms with Crippen molar-refractivity contribution >= 4 is 67.7 Å². The third-order valence-electron chi connectivity index (χ3n) is 4.93. The van der Waals surface area contributed by atoms with Crippen LogP contribution in [-0.2, 0) is 19.1 Å². The number of ether oxygens (including phenoxy) is 2. The molecule has 0 aromatic heterocycles. The lowest BCUT2D eigenvalue weighted by Crippen LogP contribution is -2.05. The van der Waals surface area contributed by atoms with E-state index in [9.17, 15) is 9.59 Å². The van der Waals surface area contributed by atoms with Gasteiger partial charge in [0.05, 0.1) is 0 Å². The predicted octanol–water partition coefficient (Wildman–Crippen LogP) is 5.90. The maximum absolute atomic E-state index is 12.3. The second-order valence-corrected chi connectivity index (χ2v) is 9.19. The predicted molar refractivity (Wildman–Crippen MR) is 136 cm³/mol. The number of halogens is 2. The molecule has 0 atom stereocenters. The van der Waals surface area contributed by atoms with Crippen LogP contribution in [0.4, 0.5) is 0 Å². The van der Waals surface area contributed by atoms with E-state index in [4.69, 9.17) is 9.47 Å². The van der Waals surface area contributed by atoms with Gasteiger partial charge >= 0.3 is 11.9 Å². The molecule has 0 aliphatic carbocycles. The van der Waals surface area contributed by atoms with E-state index in [-0.39, 0.29) is 23.2 Å². The first-order valence-corrected chi connectivity index (χ1v) is 11.7. The Labute approximate surface area is 211 Å². The average molecular weight is 578 g/mol. The molecular weight excluding hydrogens is 564 g/mol. The molecule has 0 radical (unpaired) electrons. The Morgan fingerprint density at radius 3 is 1.41 bits per heavy atom. The molecule has 6 nitrogen and oxygen atoms in total. The maximum atomic E-state index is 12.3. The Kier molecular flexibility index (Phi) is 6.08. The number of hydrogen-bond donors (Lipinski definition) is 0. The van der Waals surface area contributed by atoms with E-state index in [0.717, 1.165) is 20.1 Å². The van der Waals surface area contributed by atoms with E-state index < -0.39 is 11.9 Å². The third-order valence-corrected chi connectivity index (χ3v) is 5.91. The van der Waals surface area contributed by atoms with Gasteiger partial charge in [-0.25, -0.2) is 19.6 Å². The standard InChI is InChI=1S/C26H14Br2N2O4/c27-19-5-1-3-17(13-19)23-29-21(25(31)33-23)11-15-7-9-16(10-8-15)12-22-26(32)34-24(30-22)18-4-2-6-20(28)14-18/h1-14H/b21-11-,22-12-. The summed E-state index contributed by atoms with van der Waals surface area (Å²) in [6, 6.07) is 22.0. The van der Waals surface area contributed by atoms with Crippen molar-refractivity contribution in [3.63, 3.8) is 0 Å². The summed E-state index contributed by atoms with van der Waals surface area (Å²) in [6.07, 6.45) is 3.30. The van der Waals surface area contributed by atoms with Crippen molar-refractivity contribution in [2.75, 3.05) is 0 Å². The molecule has 8 heteroatoms. The second-order valence-electron chi connectivity index (χ2n) is 7.36. The highest BCUT2D eigenvalue weighted by molar-refractivity contribution is 9.10. The van der Waals surface area contributed by atoms with Crippen LogP contribution < -0.4 is 0 Å². The van der Waals surface area contributed by atoms with Gasteiger partial charge in [0.15, 0.2) is 11.4 Å². The first-order chi connectivity index (χ1) is 16.4. The molecule has 0 fully saturated rings. The van der Waals surface area contributed by atoms with Crippen molar-refractivity contribution < 1.29 is 19.1 Å². The fourth-order valence-electron chi connectivity index (χ4n) is 3.31. The molecule has 34 heavy (non-hydrogen) atoms. The van der Waals surface area contributed by atoms with Gasteiger partial charge in [-0.1, -0.05) is 68.3 Å². The summed E-state index contributed by atoms with van der Waals surface area (Å²) >= 11 is 6.80. The van der Waals surface area contributed by atoms with Gasteiger partial charge in [-0.2, -0.15) is 0 Å². The average Bonchev–Trinajstić information content (AvgIpc) is 3.37. The van der Waals surface area contributed by atoms with Crippen molar-refractivity contribution in [1.82, 2.24) is 0 Å². The van der Waals surface area contributed by atoms with Crippen molar-refractivity contribution in [3.05, 3.63) is 115 Å². The van der Waals surface area contributed by atoms with Gasteiger partial charge in [0.1, 0.15) is 0 Å². The quantitative estimate of drug-likeness (QED) is 0.286. The van der Waals surface area contributed by atoms with E-state index in [1.54, 1.807) is 12.2 Å². The van der Waals surface area contributed by atoms with Crippen LogP contribution in [0.15, 0.2) is 103 Å². The molecule has 0 saturated carbocycles. The van der Waals surface area contributed by atoms with Gasteiger partial charge in [0.25, 0.3) is 0 Å². The summed E-state index contributed by atoms with van der Waals surface area (Å²) in [5, 5.41) is 0. The van der Waals surface area contributed by atoms with Gasteiger partial charge in [-0.15, -0.1) is 0 Å². The molecule has 2 heterocycles. The summed E-state index contributed by atoms with van der Waals surface area (Å²) in [4.78, 5) is 33.2. The largest absolute Gasteiger partial charge is 0.402 e. The zero-order valence-corrected chi connectivity index (χ0v) is 20.5. The van der Waals surface area contributed by atoms with Crippen LogP contribution >= 0.6 is 31.9 Å². The highest BCUT2D eigenvalue weighted by Crippen LogP contribution is 2.23. The SMILES string of the molecule is O=C1OC(c2cccc(Br)c2)=N/C1=C\c1ccc(/C=C2\N=C(c3cccc(Br)c3)OC2=O)cc1. The van der Waals surface area contributed by atoms with Gasteiger partial charge in [-0.05, 0) is 59.7 Å². The minimum Gasteiger partial charge on any atom is -0.402 e. The van der Waals surface area contributed by atoms with E-state index in [1.165, 1.54) is 0 Å². The topological polar surface area (TPSA) is 77.3 Å². The molecule has 0 saturated heterocycles. The third kappa shape index (κ3) is 4.83. The minimum atomic E-state index is -0.510. The summed E-state index contributed by atoms with van der Waals surface area (Å²) in [6.45, 7) is 0. The van der Waals surface area contributed by atoms with E-state index >= 15 is 0 Å². The molecule has 166 valence electrons. The molecule has 2 aliphatic heterocycles. The first-order valence-electron chi connectivity index (χ1n) is 10.1. The van der Waals surface area contributed by atoms with E-state index in [0.29, 0.717) is 11.1 Å². The summed E-state index contributed by atoms with van der Waals surface area (Å²) in [5.74, 6) is -0.496. The summed E-state index contributed by atoms with van der Waals surface area (Å²) in [7, 11) is 0. The van der Waals surface area contributed by atoms with E-state index in [1.807, 2.05) is 72.8 Å². The highest BCUT2D eigenvalue weighted by atomic mass is 79.9. The van der Waals surface area contributed by atoms with Crippen LogP contribution in [0.1, 0.15) is 22.3 Å². The minimum absolute atomic E-state index is 0.212. The Bertz CT molecular complexity index is 1340. The molecule has 3 aromatic rings. The van der Waals surface area contributed by atoms with Crippen LogP contribution in [0, 0.1) is 0 Å². The van der Waals surface area contributed by atoms with Crippen LogP contribution in [0.5, 0.6) is 0 Å². The van der Waals surface area contributed by atoms with Gasteiger partial charge in [0, 0.05) is 20.1 Å². The van der Waals surface area contributed by atoms with Gasteiger partial charge < -0.3 is 9.47 Å². The highest BCUT2D eigenvalue weighted by Gasteiger charge is 2.25. The number of esters is 2. The number of benzene rings is 3. The van der Waals surface area contributed by atoms with Gasteiger partial charge in [0.2, 0.25) is 11.8 Å². The number of nitrogens with zero attached hydrogens (tertiary/aromatic N) is 2. The molecular formula is C26H14Br2N2O4. The second kappa shape index (κ2) is 9.32. The summed E-state index contributed by atoms with van der Waals surface area (Å²) in [5.41, 5.74) is 3.37. The Morgan fingerprint density at radius 1 is 0.618 bits per heavy atom. The lowest BCUT2D eigenvalue weighted by Gasteiger charge is -1.99. The zero-order valence-electron chi connectivity index (χ0n) is 17.4. The number of aliphatic imine (C=N–C) groups is 2. The lowest BCUT2D eigenvalue weighted by molar-refractivity contribution is -0.130. The fraction of sp³-hybridized carbons (Fsp3) is 0. The molecule has 0 amide bonds. The molecule has 2 aliphatic rings. The molecule has 0 N–H and O–H groups in total. The smallest absolute Gasteiger partial charge is 0.363 e. The maximum Gasteiger partial charge on any atom is 0.363 e. The normalized spacial score (nSPS) is 17.6. The zero-order chi connectivity index (χ0) is 23.7. The van der Waals surface area contributed by atoms with Crippen molar-refractivity contribution in [1.29, 1.82) is 0 Å². The van der Waals surface area contributed by atoms with E-state index in [2.05, 4.69) is 41.8 Å². The number of rotatable bonds is 4. The first kappa shape index (κ1) is 22.2. The van der Waals surface area contributed by atoms with Crippen LogP contribution in [0.25, 0.3) is 12.2 Å². The molecule has 0 bridgehead atoms. The van der Waals surface area contributed by atoms with Crippen molar-refractivity contribution in [2.24, 2.45) is 9.98 Å². The van der Waals surface area contributed by atoms with Crippen LogP contribution in [0.2, 0.25) is 0 Å². The van der Waals surface area contributed by atoms with Crippen LogP contribution in [0.3, 0.4) is 0 Å². The Hall–Kier alpha value is -3.62. The lowest BCUT2D eigenvalue weighted by atomic mass is 10.1. The summed E-state index contributed by atoms with van der Waals surface area (Å²) < 4.78 is 12.3. The van der Waals surface area contributed by atoms with Gasteiger partial charge in [-0.3, -0.25) is 0 Å². The number of carbonyl (C=O) groups is 2. The van der Waals surface area contributed by atoms with Crippen molar-refractivity contribution in [3.8, 4) is 0 Å². The van der Waals surface area contributed by atoms with Crippen LogP contribution in [-0.4, -0.2) is 23.7 Å². The molecule has 0 spiro atoms. The number of cyclic esters (lactones) is 2.